The van der Waals surface area contributed by atoms with Crippen LogP contribution in [-0.2, 0) is 9.59 Å². The Bertz CT molecular complexity index is 791. The van der Waals surface area contributed by atoms with E-state index in [2.05, 4.69) is 21.5 Å². The third-order valence-electron chi connectivity index (χ3n) is 3.71. The molecule has 0 spiro atoms. The van der Waals surface area contributed by atoms with Gasteiger partial charge in [0, 0.05) is 5.69 Å². The molecule has 2 rings (SSSR count). The summed E-state index contributed by atoms with van der Waals surface area (Å²) in [4.78, 5) is 24.7. The summed E-state index contributed by atoms with van der Waals surface area (Å²) in [6.45, 7) is -0.172. The first-order chi connectivity index (χ1) is 14.1. The van der Waals surface area contributed by atoms with E-state index in [1.807, 2.05) is 54.8 Å². The summed E-state index contributed by atoms with van der Waals surface area (Å²) in [5.74, 6) is 0.543. The molecule has 0 aliphatic heterocycles. The number of para-hydroxylation sites is 2. The lowest BCUT2D eigenvalue weighted by Crippen LogP contribution is -2.53. The number of amides is 2. The third kappa shape index (κ3) is 8.84. The average Bonchev–Trinajstić information content (AvgIpc) is 2.75. The Morgan fingerprint density at radius 3 is 2.34 bits per heavy atom. The number of nitrogens with one attached hydrogen (secondary N) is 4. The van der Waals surface area contributed by atoms with E-state index in [1.165, 1.54) is 0 Å². The predicted molar refractivity (Wildman–Crippen MR) is 121 cm³/mol. The minimum atomic E-state index is -0.707. The van der Waals surface area contributed by atoms with Gasteiger partial charge in [0.25, 0.3) is 11.8 Å². The van der Waals surface area contributed by atoms with Crippen LogP contribution < -0.4 is 26.2 Å². The summed E-state index contributed by atoms with van der Waals surface area (Å²) >= 11 is 6.75. The molecule has 0 saturated carbocycles. The molecule has 1 atom stereocenters. The highest BCUT2D eigenvalue weighted by Gasteiger charge is 2.20. The lowest BCUT2D eigenvalue weighted by Gasteiger charge is -2.19. The predicted octanol–water partition coefficient (Wildman–Crippen LogP) is 2.32. The van der Waals surface area contributed by atoms with Gasteiger partial charge >= 0.3 is 0 Å². The average molecular weight is 433 g/mol. The molecule has 0 aliphatic rings. The van der Waals surface area contributed by atoms with Crippen molar-refractivity contribution < 1.29 is 14.3 Å². The zero-order valence-corrected chi connectivity index (χ0v) is 17.6. The van der Waals surface area contributed by atoms with E-state index in [0.29, 0.717) is 17.9 Å². The minimum Gasteiger partial charge on any atom is -0.484 e. The van der Waals surface area contributed by atoms with Crippen LogP contribution in [0.25, 0.3) is 0 Å². The van der Waals surface area contributed by atoms with Crippen LogP contribution in [0.3, 0.4) is 0 Å². The summed E-state index contributed by atoms with van der Waals surface area (Å²) < 4.78 is 5.42. The highest BCUT2D eigenvalue weighted by molar-refractivity contribution is 7.98. The number of benzene rings is 2. The summed E-state index contributed by atoms with van der Waals surface area (Å²) in [5, 5.41) is 5.90. The highest BCUT2D eigenvalue weighted by atomic mass is 32.2. The van der Waals surface area contributed by atoms with Gasteiger partial charge in [-0.3, -0.25) is 20.4 Å². The van der Waals surface area contributed by atoms with Crippen molar-refractivity contribution in [1.82, 2.24) is 16.2 Å². The molecule has 2 amide bonds. The Morgan fingerprint density at radius 2 is 1.69 bits per heavy atom. The fourth-order valence-corrected chi connectivity index (χ4v) is 2.94. The number of anilines is 1. The van der Waals surface area contributed by atoms with E-state index in [0.717, 1.165) is 5.69 Å². The number of ether oxygens (including phenoxy) is 1. The van der Waals surface area contributed by atoms with Crippen LogP contribution in [0.2, 0.25) is 0 Å². The smallest absolute Gasteiger partial charge is 0.260 e. The van der Waals surface area contributed by atoms with Crippen molar-refractivity contribution in [3.8, 4) is 5.75 Å². The lowest BCUT2D eigenvalue weighted by molar-refractivity contribution is -0.130. The Labute approximate surface area is 179 Å². The first-order valence-electron chi connectivity index (χ1n) is 8.96. The molecule has 2 aromatic carbocycles. The van der Waals surface area contributed by atoms with E-state index < -0.39 is 6.04 Å². The second kappa shape index (κ2) is 12.6. The Kier molecular flexibility index (Phi) is 9.81. The number of rotatable bonds is 9. The van der Waals surface area contributed by atoms with Gasteiger partial charge in [-0.15, -0.1) is 0 Å². The van der Waals surface area contributed by atoms with Crippen molar-refractivity contribution >= 4 is 46.6 Å². The molecule has 0 bridgehead atoms. The van der Waals surface area contributed by atoms with Crippen molar-refractivity contribution in [3.63, 3.8) is 0 Å². The number of hydrazine groups is 1. The first kappa shape index (κ1) is 22.5. The Balaban J connectivity index is 1.81. The van der Waals surface area contributed by atoms with Crippen molar-refractivity contribution in [1.29, 1.82) is 0 Å². The van der Waals surface area contributed by atoms with E-state index in [1.54, 1.807) is 23.9 Å². The molecule has 2 aromatic rings. The minimum absolute atomic E-state index is 0.172. The molecule has 4 N–H and O–H groups in total. The number of carbonyl (C=O) groups is 2. The van der Waals surface area contributed by atoms with Crippen LogP contribution in [0.4, 0.5) is 5.69 Å². The van der Waals surface area contributed by atoms with Crippen LogP contribution in [-0.4, -0.2) is 41.6 Å². The van der Waals surface area contributed by atoms with Crippen molar-refractivity contribution in [2.24, 2.45) is 0 Å². The van der Waals surface area contributed by atoms with Gasteiger partial charge in [0.1, 0.15) is 11.8 Å². The molecule has 0 heterocycles. The number of hydrogen-bond donors (Lipinski definition) is 4. The first-order valence-corrected chi connectivity index (χ1v) is 10.8. The van der Waals surface area contributed by atoms with E-state index in [-0.39, 0.29) is 23.5 Å². The van der Waals surface area contributed by atoms with Gasteiger partial charge in [-0.25, -0.2) is 0 Å². The summed E-state index contributed by atoms with van der Waals surface area (Å²) in [6, 6.07) is 17.6. The molecule has 0 saturated heterocycles. The lowest BCUT2D eigenvalue weighted by atomic mass is 10.2. The number of carbonyl (C=O) groups excluding carboxylic acids is 2. The molecular formula is C20H24N4O3S2. The zero-order valence-electron chi connectivity index (χ0n) is 16.0. The largest absolute Gasteiger partial charge is 0.484 e. The fraction of sp³-hybridized carbons (Fsp3) is 0.250. The third-order valence-corrected chi connectivity index (χ3v) is 4.55. The number of thiocarbonyl (C=S) groups is 1. The molecule has 1 unspecified atom stereocenters. The summed E-state index contributed by atoms with van der Waals surface area (Å²) in [5.41, 5.74) is 5.98. The molecule has 7 nitrogen and oxygen atoms in total. The molecule has 9 heteroatoms. The van der Waals surface area contributed by atoms with Crippen molar-refractivity contribution in [3.05, 3.63) is 60.7 Å². The second-order valence-corrected chi connectivity index (χ2v) is 7.33. The van der Waals surface area contributed by atoms with Gasteiger partial charge in [0.05, 0.1) is 0 Å². The quantitative estimate of drug-likeness (QED) is 0.357. The second-order valence-electron chi connectivity index (χ2n) is 5.94. The summed E-state index contributed by atoms with van der Waals surface area (Å²) in [7, 11) is 0. The standard InChI is InChI=1S/C20H24N4O3S2/c1-29-13-12-17(22-18(25)14-27-16-10-6-3-7-11-16)19(26)23-24-20(28)21-15-8-4-2-5-9-15/h2-11,17H,12-14H2,1H3,(H,22,25)(H,23,26)(H2,21,24,28). The summed E-state index contributed by atoms with van der Waals surface area (Å²) in [6.07, 6.45) is 2.41. The molecule has 0 aromatic heterocycles. The van der Waals surface area contributed by atoms with E-state index in [4.69, 9.17) is 17.0 Å². The van der Waals surface area contributed by atoms with Gasteiger partial charge in [-0.05, 0) is 54.9 Å². The van der Waals surface area contributed by atoms with Gasteiger partial charge in [0.2, 0.25) is 0 Å². The van der Waals surface area contributed by atoms with Gasteiger partial charge in [-0.1, -0.05) is 36.4 Å². The van der Waals surface area contributed by atoms with Crippen LogP contribution in [0.15, 0.2) is 60.7 Å². The topological polar surface area (TPSA) is 91.5 Å². The monoisotopic (exact) mass is 432 g/mol. The molecular weight excluding hydrogens is 408 g/mol. The van der Waals surface area contributed by atoms with E-state index in [9.17, 15) is 9.59 Å². The Hall–Kier alpha value is -2.78. The SMILES string of the molecule is CSCCC(NC(=O)COc1ccccc1)C(=O)NNC(=S)Nc1ccccc1. The van der Waals surface area contributed by atoms with E-state index >= 15 is 0 Å². The van der Waals surface area contributed by atoms with Crippen LogP contribution in [0.1, 0.15) is 6.42 Å². The Morgan fingerprint density at radius 1 is 1.03 bits per heavy atom. The molecule has 0 radical (unpaired) electrons. The molecule has 154 valence electrons. The van der Waals surface area contributed by atoms with Crippen molar-refractivity contribution in [2.75, 3.05) is 23.9 Å². The molecule has 0 fully saturated rings. The maximum Gasteiger partial charge on any atom is 0.260 e. The normalized spacial score (nSPS) is 11.1. The van der Waals surface area contributed by atoms with Crippen LogP contribution in [0.5, 0.6) is 5.75 Å². The molecule has 0 aliphatic carbocycles. The van der Waals surface area contributed by atoms with Crippen LogP contribution >= 0.6 is 24.0 Å². The molecule has 29 heavy (non-hydrogen) atoms. The maximum atomic E-state index is 12.5. The number of hydrogen-bond acceptors (Lipinski definition) is 5. The zero-order chi connectivity index (χ0) is 20.9. The highest BCUT2D eigenvalue weighted by Crippen LogP contribution is 2.08. The fourth-order valence-electron chi connectivity index (χ4n) is 2.30. The van der Waals surface area contributed by atoms with Gasteiger partial charge in [-0.2, -0.15) is 11.8 Å². The van der Waals surface area contributed by atoms with Gasteiger partial charge in [0.15, 0.2) is 11.7 Å². The number of thioether (sulfide) groups is 1. The van der Waals surface area contributed by atoms with Crippen LogP contribution in [0, 0.1) is 0 Å². The maximum absolute atomic E-state index is 12.5. The van der Waals surface area contributed by atoms with Crippen molar-refractivity contribution in [2.45, 2.75) is 12.5 Å². The van der Waals surface area contributed by atoms with Gasteiger partial charge < -0.3 is 15.4 Å².